The normalized spacial score (nSPS) is 20.9. The molecule has 0 amide bonds. The van der Waals surface area contributed by atoms with Crippen molar-refractivity contribution in [2.24, 2.45) is 17.3 Å². The highest BCUT2D eigenvalue weighted by Gasteiger charge is 2.62. The van der Waals surface area contributed by atoms with E-state index in [1.807, 2.05) is 44.2 Å². The van der Waals surface area contributed by atoms with E-state index < -0.39 is 16.9 Å². The van der Waals surface area contributed by atoms with E-state index in [9.17, 15) is 10.1 Å². The molecule has 0 aromatic heterocycles. The number of nitrogens with zero attached hydrogens (tertiary/aromatic N) is 1. The molecule has 28 heavy (non-hydrogen) atoms. The van der Waals surface area contributed by atoms with Gasteiger partial charge in [0.05, 0.1) is 5.92 Å². The largest absolute Gasteiger partial charge is 0.457 e. The number of nitriles is 1. The summed E-state index contributed by atoms with van der Waals surface area (Å²) in [7, 11) is 0. The van der Waals surface area contributed by atoms with Gasteiger partial charge in [-0.25, -0.2) is 0 Å². The molecule has 2 aromatic rings. The lowest BCUT2D eigenvalue weighted by molar-refractivity contribution is -0.149. The Morgan fingerprint density at radius 2 is 1.82 bits per heavy atom. The van der Waals surface area contributed by atoms with Crippen molar-refractivity contribution in [2.45, 2.75) is 31.2 Å². The average Bonchev–Trinajstić information content (AvgIpc) is 3.20. The molecular weight excluding hydrogens is 397 g/mol. The third kappa shape index (κ3) is 4.60. The van der Waals surface area contributed by atoms with Crippen LogP contribution in [0, 0.1) is 28.6 Å². The number of carbonyl (C=O) groups is 1. The van der Waals surface area contributed by atoms with Gasteiger partial charge in [0.1, 0.15) is 22.4 Å². The maximum atomic E-state index is 12.6. The van der Waals surface area contributed by atoms with Crippen molar-refractivity contribution in [3.8, 4) is 17.6 Å². The van der Waals surface area contributed by atoms with Crippen molar-refractivity contribution >= 4 is 29.2 Å². The van der Waals surface area contributed by atoms with Gasteiger partial charge in [0.25, 0.3) is 0 Å². The number of para-hydroxylation sites is 1. The van der Waals surface area contributed by atoms with Crippen LogP contribution in [0.5, 0.6) is 11.5 Å². The number of hydrogen-bond donors (Lipinski definition) is 0. The molecule has 3 atom stereocenters. The van der Waals surface area contributed by atoms with Gasteiger partial charge in [0.15, 0.2) is 0 Å². The first-order valence-corrected chi connectivity index (χ1v) is 9.91. The minimum atomic E-state index is -1.01. The average molecular weight is 418 g/mol. The second-order valence-electron chi connectivity index (χ2n) is 7.47. The maximum Gasteiger partial charge on any atom is 0.311 e. The van der Waals surface area contributed by atoms with Crippen LogP contribution in [0.25, 0.3) is 0 Å². The van der Waals surface area contributed by atoms with Gasteiger partial charge in [-0.3, -0.25) is 4.79 Å². The van der Waals surface area contributed by atoms with Gasteiger partial charge in [-0.05, 0) is 42.0 Å². The van der Waals surface area contributed by atoms with Gasteiger partial charge in [-0.15, -0.1) is 23.2 Å². The molecule has 1 fully saturated rings. The Morgan fingerprint density at radius 1 is 1.14 bits per heavy atom. The molecule has 0 radical (unpaired) electrons. The molecule has 0 spiro atoms. The Kier molecular flexibility index (Phi) is 6.17. The zero-order valence-corrected chi connectivity index (χ0v) is 17.2. The Balaban J connectivity index is 1.70. The van der Waals surface area contributed by atoms with Gasteiger partial charge in [-0.2, -0.15) is 5.26 Å². The van der Waals surface area contributed by atoms with Crippen LogP contribution in [-0.2, 0) is 9.53 Å². The molecule has 0 bridgehead atoms. The van der Waals surface area contributed by atoms with Gasteiger partial charge in [0, 0.05) is 5.56 Å². The first-order valence-electron chi connectivity index (χ1n) is 9.04. The fraction of sp³-hybridized carbons (Fsp3) is 0.364. The molecule has 0 N–H and O–H groups in total. The van der Waals surface area contributed by atoms with Crippen molar-refractivity contribution in [1.29, 1.82) is 5.26 Å². The summed E-state index contributed by atoms with van der Waals surface area (Å²) in [6.07, 6.45) is -0.486. The molecule has 0 heterocycles. The van der Waals surface area contributed by atoms with Crippen LogP contribution in [0.3, 0.4) is 0 Å². The van der Waals surface area contributed by atoms with Crippen LogP contribution in [-0.4, -0.2) is 10.8 Å². The van der Waals surface area contributed by atoms with Crippen LogP contribution in [0.15, 0.2) is 54.6 Å². The van der Waals surface area contributed by atoms with E-state index >= 15 is 0 Å². The predicted octanol–water partition coefficient (Wildman–Crippen LogP) is 6.05. The minimum absolute atomic E-state index is 0.0482. The third-order valence-corrected chi connectivity index (χ3v) is 5.58. The van der Waals surface area contributed by atoms with Gasteiger partial charge >= 0.3 is 5.97 Å². The van der Waals surface area contributed by atoms with E-state index in [2.05, 4.69) is 6.07 Å². The lowest BCUT2D eigenvalue weighted by Crippen LogP contribution is -2.14. The SMILES string of the molecule is CC1(C)C(CC(Cl)Cl)C1C(=O)OC(C#N)c1cccc(Oc2ccccc2)c1. The van der Waals surface area contributed by atoms with Crippen LogP contribution in [0.2, 0.25) is 0 Å². The summed E-state index contributed by atoms with van der Waals surface area (Å²) in [6, 6.07) is 18.4. The zero-order chi connectivity index (χ0) is 20.3. The summed E-state index contributed by atoms with van der Waals surface area (Å²) < 4.78 is 11.3. The van der Waals surface area contributed by atoms with Gasteiger partial charge in [-0.1, -0.05) is 44.2 Å². The zero-order valence-electron chi connectivity index (χ0n) is 15.6. The highest BCUT2D eigenvalue weighted by Crippen LogP contribution is 2.61. The molecule has 1 aliphatic rings. The standard InChI is InChI=1S/C22H21Cl2NO3/c1-22(2)17(12-19(23)24)20(22)21(26)28-18(13-25)14-7-6-10-16(11-14)27-15-8-4-3-5-9-15/h3-11,17-20H,12H2,1-2H3. The maximum absolute atomic E-state index is 12.6. The molecule has 1 aliphatic carbocycles. The summed E-state index contributed by atoms with van der Waals surface area (Å²) >= 11 is 11.7. The van der Waals surface area contributed by atoms with E-state index in [0.717, 1.165) is 0 Å². The monoisotopic (exact) mass is 417 g/mol. The summed E-state index contributed by atoms with van der Waals surface area (Å²) in [5.74, 6) is 0.588. The number of ether oxygens (including phenoxy) is 2. The van der Waals surface area contributed by atoms with Crippen molar-refractivity contribution in [3.05, 3.63) is 60.2 Å². The van der Waals surface area contributed by atoms with Crippen molar-refractivity contribution in [1.82, 2.24) is 0 Å². The molecule has 1 saturated carbocycles. The van der Waals surface area contributed by atoms with Crippen LogP contribution in [0.1, 0.15) is 31.9 Å². The second-order valence-corrected chi connectivity index (χ2v) is 8.74. The smallest absolute Gasteiger partial charge is 0.311 e. The lowest BCUT2D eigenvalue weighted by Gasteiger charge is -2.13. The second kappa shape index (κ2) is 8.43. The van der Waals surface area contributed by atoms with Crippen molar-refractivity contribution < 1.29 is 14.3 Å². The summed E-state index contributed by atoms with van der Waals surface area (Å²) in [5.41, 5.74) is 0.323. The van der Waals surface area contributed by atoms with E-state index in [-0.39, 0.29) is 17.3 Å². The summed E-state index contributed by atoms with van der Waals surface area (Å²) in [4.78, 5) is 12.1. The Bertz CT molecular complexity index is 877. The van der Waals surface area contributed by atoms with Crippen molar-refractivity contribution in [3.63, 3.8) is 0 Å². The Morgan fingerprint density at radius 3 is 2.46 bits per heavy atom. The molecule has 3 unspecified atom stereocenters. The minimum Gasteiger partial charge on any atom is -0.457 e. The molecule has 146 valence electrons. The fourth-order valence-corrected chi connectivity index (χ4v) is 3.95. The first kappa shape index (κ1) is 20.5. The number of halogens is 2. The van der Waals surface area contributed by atoms with E-state index in [4.69, 9.17) is 32.7 Å². The molecular formula is C22H21Cl2NO3. The number of alkyl halides is 2. The Hall–Kier alpha value is -2.22. The molecule has 4 nitrogen and oxygen atoms in total. The predicted molar refractivity (Wildman–Crippen MR) is 108 cm³/mol. The molecule has 2 aromatic carbocycles. The van der Waals surface area contributed by atoms with Gasteiger partial charge < -0.3 is 9.47 Å². The van der Waals surface area contributed by atoms with E-state index in [0.29, 0.717) is 23.5 Å². The topological polar surface area (TPSA) is 59.3 Å². The fourth-order valence-electron chi connectivity index (χ4n) is 3.57. The highest BCUT2D eigenvalue weighted by atomic mass is 35.5. The quantitative estimate of drug-likeness (QED) is 0.406. The highest BCUT2D eigenvalue weighted by molar-refractivity contribution is 6.44. The molecule has 0 saturated heterocycles. The number of esters is 1. The summed E-state index contributed by atoms with van der Waals surface area (Å²) in [5, 5.41) is 9.54. The van der Waals surface area contributed by atoms with Crippen LogP contribution in [0.4, 0.5) is 0 Å². The van der Waals surface area contributed by atoms with Crippen LogP contribution < -0.4 is 4.74 Å². The lowest BCUT2D eigenvalue weighted by atomic mass is 10.1. The Labute approximate surface area is 175 Å². The first-order chi connectivity index (χ1) is 13.3. The van der Waals surface area contributed by atoms with E-state index in [1.165, 1.54) is 0 Å². The van der Waals surface area contributed by atoms with Gasteiger partial charge in [0.2, 0.25) is 6.10 Å². The third-order valence-electron chi connectivity index (χ3n) is 5.23. The summed E-state index contributed by atoms with van der Waals surface area (Å²) in [6.45, 7) is 3.96. The molecule has 6 heteroatoms. The number of rotatable bonds is 7. The van der Waals surface area contributed by atoms with Crippen LogP contribution >= 0.6 is 23.2 Å². The number of hydrogen-bond acceptors (Lipinski definition) is 4. The molecule has 3 rings (SSSR count). The number of benzene rings is 2. The number of carbonyl (C=O) groups excluding carboxylic acids is 1. The molecule has 0 aliphatic heterocycles. The van der Waals surface area contributed by atoms with Crippen molar-refractivity contribution in [2.75, 3.05) is 0 Å². The van der Waals surface area contributed by atoms with E-state index in [1.54, 1.807) is 24.3 Å².